The van der Waals surface area contributed by atoms with Gasteiger partial charge in [-0.15, -0.1) is 0 Å². The summed E-state index contributed by atoms with van der Waals surface area (Å²) < 4.78 is 0. The molecule has 2 aromatic rings. The fourth-order valence-corrected chi connectivity index (χ4v) is 1.81. The maximum absolute atomic E-state index is 3.40. The van der Waals surface area contributed by atoms with Crippen LogP contribution >= 0.6 is 0 Å². The van der Waals surface area contributed by atoms with Crippen LogP contribution in [0.2, 0.25) is 0 Å². The van der Waals surface area contributed by atoms with E-state index in [1.54, 1.807) is 0 Å². The van der Waals surface area contributed by atoms with Crippen LogP contribution in [0.5, 0.6) is 0 Å². The Labute approximate surface area is 102 Å². The van der Waals surface area contributed by atoms with Crippen molar-refractivity contribution in [1.82, 2.24) is 0 Å². The van der Waals surface area contributed by atoms with Crippen LogP contribution in [0.4, 0.5) is 22.7 Å². The lowest BCUT2D eigenvalue weighted by Gasteiger charge is -2.15. The average Bonchev–Trinajstić information content (AvgIpc) is 2.39. The molecule has 0 saturated heterocycles. The summed E-state index contributed by atoms with van der Waals surface area (Å²) in [4.78, 5) is 0. The second-order valence-electron chi connectivity index (χ2n) is 3.72. The molecule has 0 radical (unpaired) electrons. The highest BCUT2D eigenvalue weighted by Crippen LogP contribution is 2.31. The Morgan fingerprint density at radius 2 is 1.41 bits per heavy atom. The Morgan fingerprint density at radius 1 is 0.706 bits per heavy atom. The first-order chi connectivity index (χ1) is 8.35. The molecule has 0 unspecified atom stereocenters. The van der Waals surface area contributed by atoms with E-state index in [9.17, 15) is 0 Å². The third-order valence-electron chi connectivity index (χ3n) is 2.64. The van der Waals surface area contributed by atoms with Gasteiger partial charge in [0.25, 0.3) is 0 Å². The zero-order valence-electron chi connectivity index (χ0n) is 10.1. The molecule has 88 valence electrons. The van der Waals surface area contributed by atoms with Gasteiger partial charge in [-0.3, -0.25) is 0 Å². The molecule has 0 bridgehead atoms. The molecule has 3 nitrogen and oxygen atoms in total. The molecule has 3 heteroatoms. The van der Waals surface area contributed by atoms with Crippen LogP contribution in [-0.2, 0) is 0 Å². The lowest BCUT2D eigenvalue weighted by atomic mass is 10.2. The van der Waals surface area contributed by atoms with E-state index < -0.39 is 0 Å². The van der Waals surface area contributed by atoms with E-state index >= 15 is 0 Å². The number of hydrogen-bond acceptors (Lipinski definition) is 3. The van der Waals surface area contributed by atoms with Gasteiger partial charge in [0.15, 0.2) is 0 Å². The van der Waals surface area contributed by atoms with E-state index in [1.165, 1.54) is 0 Å². The van der Waals surface area contributed by atoms with Crippen molar-refractivity contribution >= 4 is 22.7 Å². The molecule has 0 aliphatic carbocycles. The first kappa shape index (κ1) is 11.3. The van der Waals surface area contributed by atoms with Crippen molar-refractivity contribution in [3.05, 3.63) is 48.5 Å². The van der Waals surface area contributed by atoms with Gasteiger partial charge in [-0.05, 0) is 24.3 Å². The van der Waals surface area contributed by atoms with E-state index in [1.807, 2.05) is 56.6 Å². The Kier molecular flexibility index (Phi) is 3.50. The monoisotopic (exact) mass is 227 g/mol. The summed E-state index contributed by atoms with van der Waals surface area (Å²) in [7, 11) is 3.84. The van der Waals surface area contributed by atoms with Crippen molar-refractivity contribution in [1.29, 1.82) is 0 Å². The average molecular weight is 227 g/mol. The zero-order chi connectivity index (χ0) is 12.1. The largest absolute Gasteiger partial charge is 0.386 e. The molecule has 2 aromatic carbocycles. The van der Waals surface area contributed by atoms with E-state index in [2.05, 4.69) is 22.0 Å². The van der Waals surface area contributed by atoms with Crippen molar-refractivity contribution in [2.75, 3.05) is 30.0 Å². The summed E-state index contributed by atoms with van der Waals surface area (Å²) in [6.45, 7) is 0. The number of nitrogens with one attached hydrogen (secondary N) is 3. The fraction of sp³-hybridized carbons (Fsp3) is 0.143. The Hall–Kier alpha value is -2.16. The van der Waals surface area contributed by atoms with Crippen LogP contribution in [-0.4, -0.2) is 14.1 Å². The maximum Gasteiger partial charge on any atom is 0.0812 e. The molecular formula is C14H17N3. The van der Waals surface area contributed by atoms with Crippen molar-refractivity contribution < 1.29 is 0 Å². The topological polar surface area (TPSA) is 36.1 Å². The van der Waals surface area contributed by atoms with E-state index in [0.717, 1.165) is 22.7 Å². The van der Waals surface area contributed by atoms with Crippen LogP contribution in [0, 0.1) is 0 Å². The lowest BCUT2D eigenvalue weighted by molar-refractivity contribution is 1.43. The number of benzene rings is 2. The summed E-state index contributed by atoms with van der Waals surface area (Å²) in [5.41, 5.74) is 4.29. The number of rotatable bonds is 4. The molecule has 0 saturated carbocycles. The lowest BCUT2D eigenvalue weighted by Crippen LogP contribution is -2.01. The van der Waals surface area contributed by atoms with Gasteiger partial charge < -0.3 is 16.0 Å². The van der Waals surface area contributed by atoms with Crippen molar-refractivity contribution in [3.63, 3.8) is 0 Å². The first-order valence-corrected chi connectivity index (χ1v) is 5.65. The van der Waals surface area contributed by atoms with Gasteiger partial charge in [0.2, 0.25) is 0 Å². The second kappa shape index (κ2) is 5.25. The maximum atomic E-state index is 3.40. The Bertz CT molecular complexity index is 480. The predicted octanol–water partition coefficient (Wildman–Crippen LogP) is 3.51. The van der Waals surface area contributed by atoms with Crippen molar-refractivity contribution in [2.24, 2.45) is 0 Å². The van der Waals surface area contributed by atoms with Gasteiger partial charge in [-0.1, -0.05) is 24.3 Å². The van der Waals surface area contributed by atoms with Gasteiger partial charge in [-0.25, -0.2) is 0 Å². The van der Waals surface area contributed by atoms with Crippen LogP contribution in [0.3, 0.4) is 0 Å². The van der Waals surface area contributed by atoms with Gasteiger partial charge in [0, 0.05) is 19.8 Å². The normalized spacial score (nSPS) is 9.76. The van der Waals surface area contributed by atoms with Crippen molar-refractivity contribution in [3.8, 4) is 0 Å². The molecule has 0 amide bonds. The zero-order valence-corrected chi connectivity index (χ0v) is 10.1. The summed E-state index contributed by atoms with van der Waals surface area (Å²) >= 11 is 0. The molecule has 0 fully saturated rings. The highest BCUT2D eigenvalue weighted by atomic mass is 15.0. The highest BCUT2D eigenvalue weighted by molar-refractivity contribution is 5.84. The fourth-order valence-electron chi connectivity index (χ4n) is 1.81. The molecule has 0 heterocycles. The molecule has 0 aliphatic heterocycles. The smallest absolute Gasteiger partial charge is 0.0812 e. The molecule has 2 rings (SSSR count). The Morgan fingerprint density at radius 3 is 2.06 bits per heavy atom. The Balaban J connectivity index is 2.33. The minimum atomic E-state index is 1.06. The van der Waals surface area contributed by atoms with Gasteiger partial charge in [0.05, 0.1) is 17.1 Å². The third kappa shape index (κ3) is 2.50. The van der Waals surface area contributed by atoms with E-state index in [-0.39, 0.29) is 0 Å². The van der Waals surface area contributed by atoms with Crippen LogP contribution in [0.25, 0.3) is 0 Å². The van der Waals surface area contributed by atoms with E-state index in [4.69, 9.17) is 0 Å². The van der Waals surface area contributed by atoms with E-state index in [0.29, 0.717) is 0 Å². The summed E-state index contributed by atoms with van der Waals surface area (Å²) in [5.74, 6) is 0. The summed E-state index contributed by atoms with van der Waals surface area (Å²) in [6.07, 6.45) is 0. The van der Waals surface area contributed by atoms with Crippen LogP contribution in [0.1, 0.15) is 0 Å². The quantitative estimate of drug-likeness (QED) is 0.748. The molecular weight excluding hydrogens is 210 g/mol. The summed E-state index contributed by atoms with van der Waals surface area (Å²) in [6, 6.07) is 16.3. The van der Waals surface area contributed by atoms with Gasteiger partial charge >= 0.3 is 0 Å². The van der Waals surface area contributed by atoms with Crippen LogP contribution in [0.15, 0.2) is 48.5 Å². The van der Waals surface area contributed by atoms with Gasteiger partial charge in [0.1, 0.15) is 0 Å². The van der Waals surface area contributed by atoms with Crippen molar-refractivity contribution in [2.45, 2.75) is 0 Å². The van der Waals surface area contributed by atoms with Gasteiger partial charge in [-0.2, -0.15) is 0 Å². The molecule has 0 spiro atoms. The predicted molar refractivity (Wildman–Crippen MR) is 75.3 cm³/mol. The third-order valence-corrected chi connectivity index (χ3v) is 2.64. The second-order valence-corrected chi connectivity index (χ2v) is 3.72. The minimum Gasteiger partial charge on any atom is -0.386 e. The molecule has 0 aromatic heterocycles. The molecule has 3 N–H and O–H groups in total. The molecule has 0 atom stereocenters. The number of para-hydroxylation sites is 2. The number of hydrogen-bond donors (Lipinski definition) is 3. The summed E-state index contributed by atoms with van der Waals surface area (Å²) in [5, 5.41) is 9.78. The molecule has 17 heavy (non-hydrogen) atoms. The first-order valence-electron chi connectivity index (χ1n) is 5.65. The number of anilines is 4. The minimum absolute atomic E-state index is 1.06. The molecule has 0 aliphatic rings. The standard InChI is InChI=1S/C14H17N3/c1-15-12-9-6-10-13(14(12)16-2)17-11-7-4-3-5-8-11/h3-10,15-17H,1-2H3. The van der Waals surface area contributed by atoms with Crippen LogP contribution < -0.4 is 16.0 Å². The highest BCUT2D eigenvalue weighted by Gasteiger charge is 2.05. The SMILES string of the molecule is CNc1cccc(Nc2ccccc2)c1NC.